The van der Waals surface area contributed by atoms with Gasteiger partial charge in [-0.3, -0.25) is 9.48 Å². The standard InChI is InChI=1S/C11H20N4O2/c1-3-15-10(6-9(2)14-15)7-13-4-5-17-8-11(12)16/h6,13H,3-5,7-8H2,1-2H3,(H2,12,16). The van der Waals surface area contributed by atoms with E-state index < -0.39 is 5.91 Å². The normalized spacial score (nSPS) is 10.7. The van der Waals surface area contributed by atoms with Crippen molar-refractivity contribution in [1.29, 1.82) is 0 Å². The molecule has 17 heavy (non-hydrogen) atoms. The van der Waals surface area contributed by atoms with Crippen LogP contribution in [0.15, 0.2) is 6.07 Å². The first kappa shape index (κ1) is 13.7. The summed E-state index contributed by atoms with van der Waals surface area (Å²) in [5.41, 5.74) is 7.12. The molecule has 0 saturated heterocycles. The summed E-state index contributed by atoms with van der Waals surface area (Å²) in [7, 11) is 0. The number of carbonyl (C=O) groups is 1. The van der Waals surface area contributed by atoms with Crippen LogP contribution in [0, 0.1) is 6.92 Å². The highest BCUT2D eigenvalue weighted by molar-refractivity contribution is 5.74. The Bertz CT molecular complexity index is 362. The van der Waals surface area contributed by atoms with E-state index in [2.05, 4.69) is 23.4 Å². The van der Waals surface area contributed by atoms with Gasteiger partial charge in [-0.2, -0.15) is 5.10 Å². The van der Waals surface area contributed by atoms with Gasteiger partial charge in [-0.25, -0.2) is 0 Å². The highest BCUT2D eigenvalue weighted by atomic mass is 16.5. The molecule has 0 aromatic carbocycles. The molecule has 0 aliphatic rings. The number of rotatable bonds is 8. The number of aromatic nitrogens is 2. The first-order chi connectivity index (χ1) is 8.13. The summed E-state index contributed by atoms with van der Waals surface area (Å²) in [6, 6.07) is 2.06. The Morgan fingerprint density at radius 3 is 3.06 bits per heavy atom. The smallest absolute Gasteiger partial charge is 0.243 e. The van der Waals surface area contributed by atoms with Crippen LogP contribution in [0.1, 0.15) is 18.3 Å². The molecule has 96 valence electrons. The summed E-state index contributed by atoms with van der Waals surface area (Å²) in [6.07, 6.45) is 0. The number of amides is 1. The van der Waals surface area contributed by atoms with E-state index >= 15 is 0 Å². The van der Waals surface area contributed by atoms with Gasteiger partial charge in [-0.15, -0.1) is 0 Å². The van der Waals surface area contributed by atoms with Gasteiger partial charge in [-0.05, 0) is 19.9 Å². The number of nitrogens with one attached hydrogen (secondary N) is 1. The van der Waals surface area contributed by atoms with Gasteiger partial charge < -0.3 is 15.8 Å². The van der Waals surface area contributed by atoms with E-state index in [-0.39, 0.29) is 6.61 Å². The number of hydrogen-bond donors (Lipinski definition) is 2. The number of ether oxygens (including phenoxy) is 1. The van der Waals surface area contributed by atoms with E-state index in [9.17, 15) is 4.79 Å². The fraction of sp³-hybridized carbons (Fsp3) is 0.636. The maximum atomic E-state index is 10.4. The number of carbonyl (C=O) groups excluding carboxylic acids is 1. The van der Waals surface area contributed by atoms with Crippen molar-refractivity contribution in [3.63, 3.8) is 0 Å². The van der Waals surface area contributed by atoms with Crippen LogP contribution in [0.2, 0.25) is 0 Å². The zero-order valence-electron chi connectivity index (χ0n) is 10.4. The molecule has 1 rings (SSSR count). The first-order valence-corrected chi connectivity index (χ1v) is 5.73. The van der Waals surface area contributed by atoms with Crippen molar-refractivity contribution in [3.05, 3.63) is 17.5 Å². The molecule has 0 radical (unpaired) electrons. The molecular weight excluding hydrogens is 220 g/mol. The third kappa shape index (κ3) is 4.97. The van der Waals surface area contributed by atoms with Crippen LogP contribution in [0.5, 0.6) is 0 Å². The second kappa shape index (κ2) is 7.03. The van der Waals surface area contributed by atoms with Crippen LogP contribution in [0.25, 0.3) is 0 Å². The van der Waals surface area contributed by atoms with Crippen LogP contribution in [-0.2, 0) is 22.6 Å². The van der Waals surface area contributed by atoms with Crippen molar-refractivity contribution in [2.45, 2.75) is 26.9 Å². The summed E-state index contributed by atoms with van der Waals surface area (Å²) in [6.45, 7) is 6.78. The van der Waals surface area contributed by atoms with Crippen molar-refractivity contribution in [1.82, 2.24) is 15.1 Å². The number of hydrogen-bond acceptors (Lipinski definition) is 4. The van der Waals surface area contributed by atoms with E-state index in [1.54, 1.807) is 0 Å². The van der Waals surface area contributed by atoms with Crippen LogP contribution in [0.3, 0.4) is 0 Å². The van der Waals surface area contributed by atoms with Crippen LogP contribution < -0.4 is 11.1 Å². The molecule has 0 saturated carbocycles. The minimum absolute atomic E-state index is 0.0202. The van der Waals surface area contributed by atoms with E-state index in [0.717, 1.165) is 24.5 Å². The minimum atomic E-state index is -0.440. The lowest BCUT2D eigenvalue weighted by atomic mass is 10.3. The summed E-state index contributed by atoms with van der Waals surface area (Å²) in [4.78, 5) is 10.4. The molecule has 3 N–H and O–H groups in total. The van der Waals surface area contributed by atoms with E-state index in [1.165, 1.54) is 0 Å². The van der Waals surface area contributed by atoms with Crippen molar-refractivity contribution in [2.24, 2.45) is 5.73 Å². The van der Waals surface area contributed by atoms with Crippen LogP contribution >= 0.6 is 0 Å². The van der Waals surface area contributed by atoms with Crippen molar-refractivity contribution in [3.8, 4) is 0 Å². The lowest BCUT2D eigenvalue weighted by Crippen LogP contribution is -2.24. The van der Waals surface area contributed by atoms with Crippen molar-refractivity contribution in [2.75, 3.05) is 19.8 Å². The minimum Gasteiger partial charge on any atom is -0.370 e. The Morgan fingerprint density at radius 1 is 1.65 bits per heavy atom. The Balaban J connectivity index is 2.19. The van der Waals surface area contributed by atoms with Crippen molar-refractivity contribution >= 4 is 5.91 Å². The lowest BCUT2D eigenvalue weighted by Gasteiger charge is -2.06. The van der Waals surface area contributed by atoms with E-state index in [1.807, 2.05) is 11.6 Å². The summed E-state index contributed by atoms with van der Waals surface area (Å²) in [5.74, 6) is -0.440. The maximum Gasteiger partial charge on any atom is 0.243 e. The van der Waals surface area contributed by atoms with Gasteiger partial charge in [0.05, 0.1) is 18.0 Å². The Kier molecular flexibility index (Phi) is 5.65. The third-order valence-corrected chi connectivity index (χ3v) is 2.26. The average molecular weight is 240 g/mol. The summed E-state index contributed by atoms with van der Waals surface area (Å²) < 4.78 is 7.00. The lowest BCUT2D eigenvalue weighted by molar-refractivity contribution is -0.122. The molecule has 1 amide bonds. The van der Waals surface area contributed by atoms with Gasteiger partial charge in [0.2, 0.25) is 5.91 Å². The summed E-state index contributed by atoms with van der Waals surface area (Å²) in [5, 5.41) is 7.58. The Labute approximate surface area is 101 Å². The Morgan fingerprint density at radius 2 is 2.41 bits per heavy atom. The van der Waals surface area contributed by atoms with Gasteiger partial charge >= 0.3 is 0 Å². The summed E-state index contributed by atoms with van der Waals surface area (Å²) >= 11 is 0. The molecule has 0 unspecified atom stereocenters. The second-order valence-corrected chi connectivity index (χ2v) is 3.79. The van der Waals surface area contributed by atoms with Gasteiger partial charge in [-0.1, -0.05) is 0 Å². The number of nitrogens with two attached hydrogens (primary N) is 1. The number of primary amides is 1. The molecule has 0 spiro atoms. The van der Waals surface area contributed by atoms with Crippen molar-refractivity contribution < 1.29 is 9.53 Å². The molecule has 6 nitrogen and oxygen atoms in total. The molecule has 1 aromatic heterocycles. The maximum absolute atomic E-state index is 10.4. The van der Waals surface area contributed by atoms with Gasteiger partial charge in [0.15, 0.2) is 0 Å². The quantitative estimate of drug-likeness (QED) is 0.617. The number of nitrogens with zero attached hydrogens (tertiary/aromatic N) is 2. The monoisotopic (exact) mass is 240 g/mol. The molecule has 0 aliphatic carbocycles. The molecule has 0 atom stereocenters. The van der Waals surface area contributed by atoms with E-state index in [4.69, 9.17) is 10.5 Å². The molecule has 1 aromatic rings. The largest absolute Gasteiger partial charge is 0.370 e. The molecule has 0 fully saturated rings. The Hall–Kier alpha value is -1.40. The fourth-order valence-corrected chi connectivity index (χ4v) is 1.55. The predicted molar refractivity (Wildman–Crippen MR) is 64.4 cm³/mol. The predicted octanol–water partition coefficient (Wildman–Crippen LogP) is -0.197. The fourth-order valence-electron chi connectivity index (χ4n) is 1.55. The molecular formula is C11H20N4O2. The number of aryl methyl sites for hydroxylation is 2. The van der Waals surface area contributed by atoms with Gasteiger partial charge in [0.25, 0.3) is 0 Å². The zero-order valence-corrected chi connectivity index (χ0v) is 10.4. The third-order valence-electron chi connectivity index (χ3n) is 2.26. The average Bonchev–Trinajstić information content (AvgIpc) is 2.63. The topological polar surface area (TPSA) is 82.2 Å². The zero-order chi connectivity index (χ0) is 12.7. The van der Waals surface area contributed by atoms with Gasteiger partial charge in [0.1, 0.15) is 6.61 Å². The highest BCUT2D eigenvalue weighted by Gasteiger charge is 2.02. The SMILES string of the molecule is CCn1nc(C)cc1CNCCOCC(N)=O. The molecule has 0 aliphatic heterocycles. The highest BCUT2D eigenvalue weighted by Crippen LogP contribution is 2.02. The van der Waals surface area contributed by atoms with Crippen LogP contribution in [0.4, 0.5) is 0 Å². The first-order valence-electron chi connectivity index (χ1n) is 5.73. The molecule has 0 bridgehead atoms. The molecule has 6 heteroatoms. The van der Waals surface area contributed by atoms with Gasteiger partial charge in [0, 0.05) is 19.6 Å². The second-order valence-electron chi connectivity index (χ2n) is 3.79. The molecule has 1 heterocycles. The van der Waals surface area contributed by atoms with Crippen LogP contribution in [-0.4, -0.2) is 35.4 Å². The van der Waals surface area contributed by atoms with E-state index in [0.29, 0.717) is 13.2 Å².